The van der Waals surface area contributed by atoms with Crippen molar-refractivity contribution in [2.24, 2.45) is 5.73 Å². The summed E-state index contributed by atoms with van der Waals surface area (Å²) in [6.07, 6.45) is 2.85. The minimum atomic E-state index is -0.739. The first-order valence-electron chi connectivity index (χ1n) is 11.9. The molecule has 1 aliphatic heterocycles. The number of rotatable bonds is 6. The van der Waals surface area contributed by atoms with Gasteiger partial charge in [0.25, 0.3) is 0 Å². The molecular weight excluding hydrogens is 497 g/mol. The van der Waals surface area contributed by atoms with Crippen molar-refractivity contribution in [1.29, 1.82) is 0 Å². The highest BCUT2D eigenvalue weighted by Gasteiger charge is 2.41. The van der Waals surface area contributed by atoms with Gasteiger partial charge in [-0.1, -0.05) is 47.5 Å². The molecule has 1 fully saturated rings. The summed E-state index contributed by atoms with van der Waals surface area (Å²) in [6.45, 7) is 5.21. The number of fused-ring (bicyclic) bond motifs is 1. The van der Waals surface area contributed by atoms with Gasteiger partial charge in [0.15, 0.2) is 5.82 Å². The van der Waals surface area contributed by atoms with Gasteiger partial charge in [0.2, 0.25) is 5.91 Å². The number of hydrogen-bond donors (Lipinski definition) is 2. The molecule has 0 atom stereocenters. The maximum Gasteiger partial charge on any atom is 0.237 e. The lowest BCUT2D eigenvalue weighted by molar-refractivity contribution is -0.125. The molecule has 0 bridgehead atoms. The van der Waals surface area contributed by atoms with E-state index < -0.39 is 5.54 Å². The zero-order chi connectivity index (χ0) is 25.4. The molecule has 2 aromatic carbocycles. The van der Waals surface area contributed by atoms with Crippen LogP contribution in [0.4, 0.5) is 5.82 Å². The molecule has 0 radical (unpaired) electrons. The van der Waals surface area contributed by atoms with Gasteiger partial charge in [-0.2, -0.15) is 10.2 Å². The number of benzene rings is 2. The van der Waals surface area contributed by atoms with Gasteiger partial charge in [0.05, 0.1) is 28.0 Å². The molecule has 1 saturated heterocycles. The molecule has 5 rings (SSSR count). The molecule has 10 heteroatoms. The maximum atomic E-state index is 12.4. The van der Waals surface area contributed by atoms with Gasteiger partial charge >= 0.3 is 0 Å². The Morgan fingerprint density at radius 2 is 1.78 bits per heavy atom. The Morgan fingerprint density at radius 3 is 2.42 bits per heavy atom. The Labute approximate surface area is 219 Å². The van der Waals surface area contributed by atoms with E-state index in [4.69, 9.17) is 34.0 Å². The van der Waals surface area contributed by atoms with E-state index in [2.05, 4.69) is 20.4 Å². The Bertz CT molecular complexity index is 1410. The molecule has 1 aliphatic rings. The number of primary amides is 1. The van der Waals surface area contributed by atoms with Crippen LogP contribution in [0.5, 0.6) is 0 Å². The summed E-state index contributed by atoms with van der Waals surface area (Å²) in [5.41, 5.74) is 8.30. The average molecular weight is 524 g/mol. The lowest BCUT2D eigenvalue weighted by atomic mass is 9.86. The molecule has 0 unspecified atom stereocenters. The van der Waals surface area contributed by atoms with E-state index in [0.29, 0.717) is 47.3 Å². The maximum absolute atomic E-state index is 12.4. The van der Waals surface area contributed by atoms with Crippen LogP contribution in [0.15, 0.2) is 54.7 Å². The molecule has 2 aromatic heterocycles. The fraction of sp³-hybridized carbons (Fsp3) is 0.308. The van der Waals surface area contributed by atoms with E-state index in [9.17, 15) is 4.79 Å². The van der Waals surface area contributed by atoms with Crippen LogP contribution < -0.4 is 16.0 Å². The van der Waals surface area contributed by atoms with Crippen molar-refractivity contribution >= 4 is 45.8 Å². The fourth-order valence-electron chi connectivity index (χ4n) is 4.92. The molecule has 1 amide bonds. The Balaban J connectivity index is 1.61. The molecule has 4 aromatic rings. The van der Waals surface area contributed by atoms with Gasteiger partial charge in [-0.25, -0.2) is 4.68 Å². The van der Waals surface area contributed by atoms with Gasteiger partial charge in [-0.05, 0) is 51.0 Å². The third kappa shape index (κ3) is 4.40. The van der Waals surface area contributed by atoms with Gasteiger partial charge in [0, 0.05) is 29.7 Å². The second-order valence-electron chi connectivity index (χ2n) is 9.38. The molecule has 186 valence electrons. The van der Waals surface area contributed by atoms with E-state index >= 15 is 0 Å². The second kappa shape index (κ2) is 9.69. The Hall–Kier alpha value is -3.20. The Morgan fingerprint density at radius 1 is 1.08 bits per heavy atom. The van der Waals surface area contributed by atoms with E-state index in [0.717, 1.165) is 22.3 Å². The van der Waals surface area contributed by atoms with Crippen molar-refractivity contribution in [2.45, 2.75) is 38.3 Å². The summed E-state index contributed by atoms with van der Waals surface area (Å²) in [5, 5.41) is 19.2. The quantitative estimate of drug-likeness (QED) is 0.382. The number of amides is 1. The number of nitrogens with one attached hydrogen (secondary N) is 1. The zero-order valence-electron chi connectivity index (χ0n) is 20.1. The highest BCUT2D eigenvalue weighted by atomic mass is 35.5. The van der Waals surface area contributed by atoms with E-state index in [1.54, 1.807) is 6.20 Å². The lowest BCUT2D eigenvalue weighted by Crippen LogP contribution is -2.62. The normalized spacial score (nSPS) is 15.5. The molecule has 0 saturated carbocycles. The topological polar surface area (TPSA) is 102 Å². The molecule has 0 spiro atoms. The predicted molar refractivity (Wildman–Crippen MR) is 144 cm³/mol. The number of hydrogen-bond acceptors (Lipinski definition) is 6. The molecular formula is C26H27Cl2N7O. The number of aromatic nitrogens is 4. The van der Waals surface area contributed by atoms with E-state index in [1.165, 1.54) is 0 Å². The van der Waals surface area contributed by atoms with Crippen molar-refractivity contribution < 1.29 is 4.79 Å². The van der Waals surface area contributed by atoms with Crippen LogP contribution in [-0.4, -0.2) is 50.6 Å². The highest BCUT2D eigenvalue weighted by molar-refractivity contribution is 6.32. The van der Waals surface area contributed by atoms with Crippen molar-refractivity contribution in [2.75, 3.05) is 18.0 Å². The minimum absolute atomic E-state index is 0.139. The average Bonchev–Trinajstić information content (AvgIpc) is 3.24. The van der Waals surface area contributed by atoms with Crippen LogP contribution in [0.25, 0.3) is 27.8 Å². The Kier molecular flexibility index (Phi) is 6.59. The van der Waals surface area contributed by atoms with Crippen LogP contribution in [0.1, 0.15) is 26.7 Å². The summed E-state index contributed by atoms with van der Waals surface area (Å²) >= 11 is 12.8. The summed E-state index contributed by atoms with van der Waals surface area (Å²) < 4.78 is 1.83. The minimum Gasteiger partial charge on any atom is -0.368 e. The van der Waals surface area contributed by atoms with E-state index in [1.807, 2.05) is 67.1 Å². The number of nitrogens with two attached hydrogens (primary N) is 1. The van der Waals surface area contributed by atoms with Crippen molar-refractivity contribution in [3.63, 3.8) is 0 Å². The first-order valence-corrected chi connectivity index (χ1v) is 12.6. The molecule has 0 aliphatic carbocycles. The third-order valence-electron chi connectivity index (χ3n) is 6.62. The van der Waals surface area contributed by atoms with Crippen LogP contribution in [0, 0.1) is 0 Å². The van der Waals surface area contributed by atoms with Gasteiger partial charge in [-0.3, -0.25) is 4.79 Å². The predicted octanol–water partition coefficient (Wildman–Crippen LogP) is 4.61. The smallest absolute Gasteiger partial charge is 0.237 e. The van der Waals surface area contributed by atoms with E-state index in [-0.39, 0.29) is 11.9 Å². The number of piperidine rings is 1. The fourth-order valence-corrected chi connectivity index (χ4v) is 5.26. The summed E-state index contributed by atoms with van der Waals surface area (Å²) in [5.74, 6) is 0.337. The number of carbonyl (C=O) groups is 1. The largest absolute Gasteiger partial charge is 0.368 e. The number of para-hydroxylation sites is 1. The lowest BCUT2D eigenvalue weighted by Gasteiger charge is -2.41. The van der Waals surface area contributed by atoms with Crippen LogP contribution in [0.2, 0.25) is 10.0 Å². The van der Waals surface area contributed by atoms with Crippen LogP contribution >= 0.6 is 23.2 Å². The van der Waals surface area contributed by atoms with Crippen molar-refractivity contribution in [1.82, 2.24) is 25.3 Å². The molecule has 8 nitrogen and oxygen atoms in total. The van der Waals surface area contributed by atoms with Crippen molar-refractivity contribution in [3.05, 3.63) is 64.8 Å². The highest BCUT2D eigenvalue weighted by Crippen LogP contribution is 2.37. The summed E-state index contributed by atoms with van der Waals surface area (Å²) in [7, 11) is 0. The standard InChI is InChI=1S/C26H27Cl2N7O/c1-16(2)31-26(25(29)36)11-13-34(14-12-26)24-22-19(15-30-32-24)23(17-7-9-18(27)10-8-17)35(33-22)21-6-4-3-5-20(21)28/h3-10,15-16,31H,11-14H2,1-2H3,(H2,29,36). The number of nitrogens with zero attached hydrogens (tertiary/aromatic N) is 5. The number of halogens is 2. The molecule has 3 heterocycles. The number of carbonyl (C=O) groups excluding carboxylic acids is 1. The third-order valence-corrected chi connectivity index (χ3v) is 7.20. The van der Waals surface area contributed by atoms with Gasteiger partial charge < -0.3 is 16.0 Å². The van der Waals surface area contributed by atoms with Crippen molar-refractivity contribution in [3.8, 4) is 16.9 Å². The summed E-state index contributed by atoms with van der Waals surface area (Å²) in [4.78, 5) is 14.5. The first-order chi connectivity index (χ1) is 17.3. The van der Waals surface area contributed by atoms with Crippen LogP contribution in [0.3, 0.4) is 0 Å². The molecule has 3 N–H and O–H groups in total. The number of anilines is 1. The van der Waals surface area contributed by atoms with Gasteiger partial charge in [0.1, 0.15) is 11.1 Å². The monoisotopic (exact) mass is 523 g/mol. The van der Waals surface area contributed by atoms with Crippen LogP contribution in [-0.2, 0) is 4.79 Å². The van der Waals surface area contributed by atoms with Gasteiger partial charge in [-0.15, -0.1) is 5.10 Å². The first kappa shape index (κ1) is 24.5. The molecule has 36 heavy (non-hydrogen) atoms. The SMILES string of the molecule is CC(C)NC1(C(N)=O)CCN(c2nncc3c(-c4ccc(Cl)cc4)n(-c4ccccc4Cl)nc23)CC1. The second-order valence-corrected chi connectivity index (χ2v) is 10.2. The zero-order valence-corrected chi connectivity index (χ0v) is 21.6. The summed E-state index contributed by atoms with van der Waals surface area (Å²) in [6, 6.07) is 15.3.